The largest absolute Gasteiger partial charge is 0.422 e. The second-order valence-corrected chi connectivity index (χ2v) is 6.72. The van der Waals surface area contributed by atoms with Crippen LogP contribution in [-0.4, -0.2) is 0 Å². The monoisotopic (exact) mass is 342 g/mol. The van der Waals surface area contributed by atoms with Crippen LogP contribution in [-0.2, 0) is 0 Å². The average Bonchev–Trinajstić information content (AvgIpc) is 2.60. The molecule has 3 aromatic carbocycles. The van der Waals surface area contributed by atoms with Crippen molar-refractivity contribution in [2.75, 3.05) is 0 Å². The summed E-state index contributed by atoms with van der Waals surface area (Å²) < 4.78 is 11.0. The highest BCUT2D eigenvalue weighted by molar-refractivity contribution is 6.14. The van der Waals surface area contributed by atoms with E-state index in [0.717, 1.165) is 21.9 Å². The van der Waals surface area contributed by atoms with Crippen LogP contribution in [0.25, 0.3) is 43.5 Å². The van der Waals surface area contributed by atoms with Crippen LogP contribution in [0.5, 0.6) is 0 Å². The van der Waals surface area contributed by atoms with Crippen LogP contribution >= 0.6 is 0 Å². The lowest BCUT2D eigenvalue weighted by Gasteiger charge is -2.07. The Morgan fingerprint density at radius 2 is 0.962 bits per heavy atom. The lowest BCUT2D eigenvalue weighted by molar-refractivity contribution is 0.568. The molecule has 4 nitrogen and oxygen atoms in total. The van der Waals surface area contributed by atoms with Gasteiger partial charge in [0.2, 0.25) is 0 Å². The number of aryl methyl sites for hydroxylation is 2. The Hall–Kier alpha value is -3.40. The summed E-state index contributed by atoms with van der Waals surface area (Å²) in [6.45, 7) is 3.87. The minimum absolute atomic E-state index is 0.409. The molecule has 0 N–H and O–H groups in total. The maximum Gasteiger partial charge on any atom is 0.344 e. The van der Waals surface area contributed by atoms with Gasteiger partial charge in [0.25, 0.3) is 0 Å². The van der Waals surface area contributed by atoms with Gasteiger partial charge in [-0.1, -0.05) is 24.3 Å². The first-order valence-electron chi connectivity index (χ1n) is 8.36. The van der Waals surface area contributed by atoms with E-state index in [0.29, 0.717) is 32.7 Å². The SMILES string of the molecule is Cc1ccc2c(c1)oc(=O)c1cc3c(cc12)c(=O)oc1cc(C)ccc13. The summed E-state index contributed by atoms with van der Waals surface area (Å²) in [4.78, 5) is 25.1. The molecule has 0 amide bonds. The molecule has 0 spiro atoms. The van der Waals surface area contributed by atoms with Gasteiger partial charge in [-0.05, 0) is 49.2 Å². The van der Waals surface area contributed by atoms with Crippen LogP contribution in [0, 0.1) is 13.8 Å². The van der Waals surface area contributed by atoms with Gasteiger partial charge in [-0.3, -0.25) is 0 Å². The first-order valence-corrected chi connectivity index (χ1v) is 8.36. The standard InChI is InChI=1S/C22H14O4/c1-11-3-5-13-15-9-18-16(10-17(15)21(23)25-19(13)7-11)14-6-4-12(2)8-20(14)26-22(18)24/h3-10H,1-2H3. The van der Waals surface area contributed by atoms with E-state index in [1.165, 1.54) is 0 Å². The molecular weight excluding hydrogens is 328 g/mol. The van der Waals surface area contributed by atoms with Gasteiger partial charge in [0.15, 0.2) is 0 Å². The highest BCUT2D eigenvalue weighted by Crippen LogP contribution is 2.30. The first-order chi connectivity index (χ1) is 12.5. The van der Waals surface area contributed by atoms with Gasteiger partial charge in [-0.2, -0.15) is 0 Å². The van der Waals surface area contributed by atoms with Crippen molar-refractivity contribution in [3.05, 3.63) is 80.5 Å². The number of rotatable bonds is 0. The maximum atomic E-state index is 12.6. The summed E-state index contributed by atoms with van der Waals surface area (Å²) in [6, 6.07) is 14.9. The molecule has 0 saturated carbocycles. The van der Waals surface area contributed by atoms with Gasteiger partial charge < -0.3 is 8.83 Å². The highest BCUT2D eigenvalue weighted by Gasteiger charge is 2.14. The molecule has 0 aliphatic carbocycles. The van der Waals surface area contributed by atoms with Gasteiger partial charge >= 0.3 is 11.3 Å². The van der Waals surface area contributed by atoms with Crippen molar-refractivity contribution >= 4 is 43.5 Å². The van der Waals surface area contributed by atoms with Crippen molar-refractivity contribution in [2.24, 2.45) is 0 Å². The Balaban J connectivity index is 2.06. The van der Waals surface area contributed by atoms with Crippen molar-refractivity contribution in [2.45, 2.75) is 13.8 Å². The molecule has 0 aliphatic rings. The summed E-state index contributed by atoms with van der Waals surface area (Å²) in [7, 11) is 0. The zero-order chi connectivity index (χ0) is 18.0. The fourth-order valence-electron chi connectivity index (χ4n) is 3.57. The Morgan fingerprint density at radius 3 is 1.38 bits per heavy atom. The number of fused-ring (bicyclic) bond motifs is 6. The van der Waals surface area contributed by atoms with Crippen molar-refractivity contribution in [3.8, 4) is 0 Å². The molecule has 0 aliphatic heterocycles. The van der Waals surface area contributed by atoms with Crippen LogP contribution in [0.1, 0.15) is 11.1 Å². The summed E-state index contributed by atoms with van der Waals surface area (Å²) in [6.07, 6.45) is 0. The number of benzene rings is 3. The molecular formula is C22H14O4. The van der Waals surface area contributed by atoms with E-state index in [1.807, 2.05) is 50.2 Å². The third-order valence-electron chi connectivity index (χ3n) is 4.86. The normalized spacial score (nSPS) is 11.8. The molecule has 0 radical (unpaired) electrons. The topological polar surface area (TPSA) is 60.4 Å². The Kier molecular flexibility index (Phi) is 2.89. The quantitative estimate of drug-likeness (QED) is 0.230. The molecule has 0 bridgehead atoms. The maximum absolute atomic E-state index is 12.6. The lowest BCUT2D eigenvalue weighted by Crippen LogP contribution is -2.04. The summed E-state index contributed by atoms with van der Waals surface area (Å²) in [5.41, 5.74) is 2.22. The number of hydrogen-bond donors (Lipinski definition) is 0. The molecule has 0 atom stereocenters. The smallest absolute Gasteiger partial charge is 0.344 e. The molecule has 2 heterocycles. The van der Waals surface area contributed by atoms with Crippen molar-refractivity contribution in [1.82, 2.24) is 0 Å². The third kappa shape index (κ3) is 2.02. The fourth-order valence-corrected chi connectivity index (χ4v) is 3.57. The molecule has 5 aromatic rings. The second kappa shape index (κ2) is 5.05. The van der Waals surface area contributed by atoms with Crippen molar-refractivity contribution < 1.29 is 8.83 Å². The second-order valence-electron chi connectivity index (χ2n) is 6.72. The summed E-state index contributed by atoms with van der Waals surface area (Å²) in [5.74, 6) is 0. The van der Waals surface area contributed by atoms with E-state index in [4.69, 9.17) is 8.83 Å². The molecule has 2 aromatic heterocycles. The van der Waals surface area contributed by atoms with Gasteiger partial charge in [-0.15, -0.1) is 0 Å². The highest BCUT2D eigenvalue weighted by atomic mass is 16.4. The first kappa shape index (κ1) is 14.9. The van der Waals surface area contributed by atoms with E-state index in [1.54, 1.807) is 12.1 Å². The number of hydrogen-bond acceptors (Lipinski definition) is 4. The van der Waals surface area contributed by atoms with E-state index in [9.17, 15) is 9.59 Å². The van der Waals surface area contributed by atoms with Crippen molar-refractivity contribution in [3.63, 3.8) is 0 Å². The molecule has 0 saturated heterocycles. The fraction of sp³-hybridized carbons (Fsp3) is 0.0909. The molecule has 4 heteroatoms. The van der Waals surface area contributed by atoms with Crippen LogP contribution < -0.4 is 11.3 Å². The molecule has 5 rings (SSSR count). The van der Waals surface area contributed by atoms with Gasteiger partial charge in [0.1, 0.15) is 11.2 Å². The van der Waals surface area contributed by atoms with Crippen LogP contribution in [0.2, 0.25) is 0 Å². The third-order valence-corrected chi connectivity index (χ3v) is 4.86. The molecule has 0 fully saturated rings. The van der Waals surface area contributed by atoms with Crippen LogP contribution in [0.3, 0.4) is 0 Å². The minimum Gasteiger partial charge on any atom is -0.422 e. The van der Waals surface area contributed by atoms with Crippen LogP contribution in [0.4, 0.5) is 0 Å². The van der Waals surface area contributed by atoms with E-state index < -0.39 is 11.3 Å². The van der Waals surface area contributed by atoms with Gasteiger partial charge in [0, 0.05) is 21.5 Å². The van der Waals surface area contributed by atoms with Gasteiger partial charge in [-0.25, -0.2) is 9.59 Å². The predicted octanol–water partition coefficient (Wildman–Crippen LogP) is 4.82. The molecule has 126 valence electrons. The van der Waals surface area contributed by atoms with E-state index in [2.05, 4.69) is 0 Å². The zero-order valence-electron chi connectivity index (χ0n) is 14.3. The van der Waals surface area contributed by atoms with E-state index in [-0.39, 0.29) is 0 Å². The Labute approximate surface area is 147 Å². The predicted molar refractivity (Wildman–Crippen MR) is 103 cm³/mol. The van der Waals surface area contributed by atoms with E-state index >= 15 is 0 Å². The zero-order valence-corrected chi connectivity index (χ0v) is 14.3. The average molecular weight is 342 g/mol. The Bertz CT molecular complexity index is 1370. The summed E-state index contributed by atoms with van der Waals surface area (Å²) in [5, 5.41) is 3.92. The Morgan fingerprint density at radius 1 is 0.538 bits per heavy atom. The van der Waals surface area contributed by atoms with Crippen molar-refractivity contribution in [1.29, 1.82) is 0 Å². The molecule has 0 unspecified atom stereocenters. The van der Waals surface area contributed by atoms with Gasteiger partial charge in [0.05, 0.1) is 10.8 Å². The lowest BCUT2D eigenvalue weighted by atomic mass is 10.00. The minimum atomic E-state index is -0.409. The molecule has 26 heavy (non-hydrogen) atoms. The van der Waals surface area contributed by atoms with Crippen LogP contribution in [0.15, 0.2) is 67.0 Å². The summed E-state index contributed by atoms with van der Waals surface area (Å²) >= 11 is 0.